The van der Waals surface area contributed by atoms with E-state index >= 15 is 0 Å². The molecule has 0 radical (unpaired) electrons. The van der Waals surface area contributed by atoms with E-state index in [-0.39, 0.29) is 13.2 Å². The lowest BCUT2D eigenvalue weighted by Crippen LogP contribution is -2.59. The van der Waals surface area contributed by atoms with Crippen molar-refractivity contribution in [1.29, 1.82) is 0 Å². The first kappa shape index (κ1) is 13.7. The van der Waals surface area contributed by atoms with Crippen LogP contribution in [-0.2, 0) is 14.3 Å². The van der Waals surface area contributed by atoms with E-state index in [1.807, 2.05) is 0 Å². The number of aliphatic hydroxyl groups is 4. The number of nitrogens with two attached hydrogens (primary N) is 1. The van der Waals surface area contributed by atoms with Crippen molar-refractivity contribution < 1.29 is 34.7 Å². The molecule has 6 N–H and O–H groups in total. The van der Waals surface area contributed by atoms with E-state index in [2.05, 4.69) is 4.84 Å². The Bertz CT molecular complexity index is 203. The maximum absolute atomic E-state index is 9.51. The van der Waals surface area contributed by atoms with Gasteiger partial charge in [0.15, 0.2) is 6.29 Å². The molecule has 1 fully saturated rings. The molecule has 1 rings (SSSR count). The normalized spacial score (nSPS) is 39.9. The predicted molar refractivity (Wildman–Crippen MR) is 49.9 cm³/mol. The predicted octanol–water partition coefficient (Wildman–Crippen LogP) is -3.31. The quantitative estimate of drug-likeness (QED) is 0.249. The van der Waals surface area contributed by atoms with Crippen LogP contribution in [0.5, 0.6) is 0 Å². The second kappa shape index (κ2) is 6.42. The molecule has 1 heterocycles. The van der Waals surface area contributed by atoms with Gasteiger partial charge < -0.3 is 34.7 Å². The van der Waals surface area contributed by atoms with Gasteiger partial charge in [0, 0.05) is 0 Å². The molecule has 0 aromatic carbocycles. The summed E-state index contributed by atoms with van der Waals surface area (Å²) < 4.78 is 10.1. The SMILES string of the molecule is NOCCOC1O[C@H](CO)[C@@H](O)[C@H](O)[C@@H]1O. The van der Waals surface area contributed by atoms with Gasteiger partial charge in [0.1, 0.15) is 24.4 Å². The minimum Gasteiger partial charge on any atom is -0.394 e. The van der Waals surface area contributed by atoms with Crippen LogP contribution in [-0.4, -0.2) is 71.0 Å². The second-order valence-corrected chi connectivity index (χ2v) is 3.44. The topological polar surface area (TPSA) is 135 Å². The van der Waals surface area contributed by atoms with Gasteiger partial charge in [-0.05, 0) is 0 Å². The lowest BCUT2D eigenvalue weighted by Gasteiger charge is -2.39. The summed E-state index contributed by atoms with van der Waals surface area (Å²) in [7, 11) is 0. The molecule has 0 spiro atoms. The van der Waals surface area contributed by atoms with E-state index in [1.54, 1.807) is 0 Å². The number of hydrogen-bond donors (Lipinski definition) is 5. The van der Waals surface area contributed by atoms with E-state index < -0.39 is 37.3 Å². The highest BCUT2D eigenvalue weighted by molar-refractivity contribution is 4.88. The van der Waals surface area contributed by atoms with E-state index in [0.29, 0.717) is 0 Å². The van der Waals surface area contributed by atoms with Crippen molar-refractivity contribution in [3.8, 4) is 0 Å². The van der Waals surface area contributed by atoms with Crippen LogP contribution in [0.2, 0.25) is 0 Å². The largest absolute Gasteiger partial charge is 0.394 e. The summed E-state index contributed by atoms with van der Waals surface area (Å²) in [5, 5.41) is 37.2. The average molecular weight is 239 g/mol. The zero-order chi connectivity index (χ0) is 12.1. The van der Waals surface area contributed by atoms with E-state index in [0.717, 1.165) is 0 Å². The Morgan fingerprint density at radius 1 is 1.06 bits per heavy atom. The molecule has 96 valence electrons. The van der Waals surface area contributed by atoms with Crippen LogP contribution < -0.4 is 5.90 Å². The monoisotopic (exact) mass is 239 g/mol. The summed E-state index contributed by atoms with van der Waals surface area (Å²) >= 11 is 0. The van der Waals surface area contributed by atoms with Crippen molar-refractivity contribution in [1.82, 2.24) is 0 Å². The van der Waals surface area contributed by atoms with Gasteiger partial charge in [0.05, 0.1) is 19.8 Å². The van der Waals surface area contributed by atoms with Gasteiger partial charge in [-0.3, -0.25) is 0 Å². The second-order valence-electron chi connectivity index (χ2n) is 3.44. The summed E-state index contributed by atoms with van der Waals surface area (Å²) in [6, 6.07) is 0. The van der Waals surface area contributed by atoms with Crippen molar-refractivity contribution in [2.75, 3.05) is 19.8 Å². The molecule has 0 amide bonds. The number of hydrogen-bond acceptors (Lipinski definition) is 8. The summed E-state index contributed by atoms with van der Waals surface area (Å²) in [6.45, 7) is -0.341. The highest BCUT2D eigenvalue weighted by atomic mass is 16.7. The van der Waals surface area contributed by atoms with Gasteiger partial charge in [0.2, 0.25) is 0 Å². The van der Waals surface area contributed by atoms with Gasteiger partial charge in [0.25, 0.3) is 0 Å². The van der Waals surface area contributed by atoms with Crippen molar-refractivity contribution in [3.63, 3.8) is 0 Å². The van der Waals surface area contributed by atoms with Crippen molar-refractivity contribution in [2.24, 2.45) is 5.90 Å². The van der Waals surface area contributed by atoms with Gasteiger partial charge in [-0.15, -0.1) is 0 Å². The third-order valence-electron chi connectivity index (χ3n) is 2.33. The standard InChI is InChI=1S/C8H17NO7/c9-15-2-1-14-8-7(13)6(12)5(11)4(3-10)16-8/h4-8,10-13H,1-3,9H2/t4-,5-,6+,7+,8?/m1/s1. The molecule has 1 aliphatic heterocycles. The van der Waals surface area contributed by atoms with Gasteiger partial charge in [-0.25, -0.2) is 5.90 Å². The minimum atomic E-state index is -1.44. The first-order valence-electron chi connectivity index (χ1n) is 4.85. The van der Waals surface area contributed by atoms with E-state index in [1.165, 1.54) is 0 Å². The molecule has 5 atom stereocenters. The lowest BCUT2D eigenvalue weighted by molar-refractivity contribution is -0.302. The molecule has 16 heavy (non-hydrogen) atoms. The Hall–Kier alpha value is -0.320. The molecule has 1 saturated heterocycles. The Kier molecular flexibility index (Phi) is 5.52. The van der Waals surface area contributed by atoms with Crippen LogP contribution in [0.25, 0.3) is 0 Å². The third kappa shape index (κ3) is 3.09. The lowest BCUT2D eigenvalue weighted by atomic mass is 9.99. The summed E-state index contributed by atoms with van der Waals surface area (Å²) in [6.07, 6.45) is -6.32. The van der Waals surface area contributed by atoms with Crippen LogP contribution in [0.1, 0.15) is 0 Å². The molecular weight excluding hydrogens is 222 g/mol. The Balaban J connectivity index is 2.50. The Morgan fingerprint density at radius 3 is 2.31 bits per heavy atom. The number of rotatable bonds is 5. The zero-order valence-corrected chi connectivity index (χ0v) is 8.60. The fraction of sp³-hybridized carbons (Fsp3) is 1.00. The first-order valence-corrected chi connectivity index (χ1v) is 4.85. The van der Waals surface area contributed by atoms with E-state index in [4.69, 9.17) is 20.5 Å². The highest BCUT2D eigenvalue weighted by Crippen LogP contribution is 2.21. The zero-order valence-electron chi connectivity index (χ0n) is 8.60. The van der Waals surface area contributed by atoms with Crippen molar-refractivity contribution in [3.05, 3.63) is 0 Å². The molecule has 8 nitrogen and oxygen atoms in total. The van der Waals surface area contributed by atoms with Crippen LogP contribution in [0, 0.1) is 0 Å². The maximum atomic E-state index is 9.51. The summed E-state index contributed by atoms with van der Waals surface area (Å²) in [5.74, 6) is 4.77. The summed E-state index contributed by atoms with van der Waals surface area (Å²) in [5.41, 5.74) is 0. The molecule has 0 aromatic heterocycles. The minimum absolute atomic E-state index is 0.0548. The molecule has 1 unspecified atom stereocenters. The van der Waals surface area contributed by atoms with Crippen molar-refractivity contribution in [2.45, 2.75) is 30.7 Å². The smallest absolute Gasteiger partial charge is 0.186 e. The molecule has 0 bridgehead atoms. The maximum Gasteiger partial charge on any atom is 0.186 e. The van der Waals surface area contributed by atoms with Crippen LogP contribution in [0.15, 0.2) is 0 Å². The van der Waals surface area contributed by atoms with Crippen LogP contribution in [0.3, 0.4) is 0 Å². The third-order valence-corrected chi connectivity index (χ3v) is 2.33. The fourth-order valence-corrected chi connectivity index (χ4v) is 1.42. The average Bonchev–Trinajstić information content (AvgIpc) is 2.29. The number of aliphatic hydroxyl groups excluding tert-OH is 4. The molecule has 0 aliphatic carbocycles. The van der Waals surface area contributed by atoms with Gasteiger partial charge in [-0.1, -0.05) is 0 Å². The Morgan fingerprint density at radius 2 is 1.75 bits per heavy atom. The first-order chi connectivity index (χ1) is 7.61. The molecule has 1 aliphatic rings. The van der Waals surface area contributed by atoms with Gasteiger partial charge >= 0.3 is 0 Å². The number of ether oxygens (including phenoxy) is 2. The van der Waals surface area contributed by atoms with Gasteiger partial charge in [-0.2, -0.15) is 0 Å². The van der Waals surface area contributed by atoms with E-state index in [9.17, 15) is 15.3 Å². The molecule has 0 aromatic rings. The highest BCUT2D eigenvalue weighted by Gasteiger charge is 2.43. The fourth-order valence-electron chi connectivity index (χ4n) is 1.42. The van der Waals surface area contributed by atoms with Crippen LogP contribution in [0.4, 0.5) is 0 Å². The molecular formula is C8H17NO7. The van der Waals surface area contributed by atoms with Crippen LogP contribution >= 0.6 is 0 Å². The summed E-state index contributed by atoms with van der Waals surface area (Å²) in [4.78, 5) is 4.25. The van der Waals surface area contributed by atoms with Crippen molar-refractivity contribution >= 4 is 0 Å². The molecule has 8 heteroatoms. The molecule has 0 saturated carbocycles. The Labute approximate surface area is 92.1 Å².